The molecule has 3 aromatic rings. The van der Waals surface area contributed by atoms with Crippen molar-refractivity contribution in [3.63, 3.8) is 0 Å². The number of hydrogen-bond donors (Lipinski definition) is 0. The van der Waals surface area contributed by atoms with Crippen molar-refractivity contribution in [3.8, 4) is 0 Å². The maximum atomic E-state index is 12.6. The van der Waals surface area contributed by atoms with E-state index in [9.17, 15) is 4.79 Å². The molecule has 3 rings (SSSR count). The third-order valence-electron chi connectivity index (χ3n) is 3.58. The molecule has 0 saturated carbocycles. The summed E-state index contributed by atoms with van der Waals surface area (Å²) in [5.41, 5.74) is 1.42. The van der Waals surface area contributed by atoms with Crippen LogP contribution in [-0.2, 0) is 11.3 Å². The van der Waals surface area contributed by atoms with E-state index in [1.807, 2.05) is 41.8 Å². The second-order valence-electron chi connectivity index (χ2n) is 5.25. The number of carbonyl (C=O) groups is 1. The van der Waals surface area contributed by atoms with Gasteiger partial charge in [-0.05, 0) is 37.3 Å². The van der Waals surface area contributed by atoms with Crippen molar-refractivity contribution < 1.29 is 9.53 Å². The van der Waals surface area contributed by atoms with Crippen molar-refractivity contribution >= 4 is 55.0 Å². The molecule has 0 atom stereocenters. The standard InChI is InChI=1S/C18H16BrClN2O2S/c1-2-24-10-9-22-16-14(20)7-4-8-15(16)25-18(22)21-17(23)12-5-3-6-13(19)11-12/h3-8,11H,2,9-10H2,1H3. The molecule has 0 bridgehead atoms. The van der Waals surface area contributed by atoms with Gasteiger partial charge in [0.15, 0.2) is 4.80 Å². The fourth-order valence-electron chi connectivity index (χ4n) is 2.45. The first-order chi connectivity index (χ1) is 12.1. The van der Waals surface area contributed by atoms with Crippen molar-refractivity contribution in [2.75, 3.05) is 13.2 Å². The SMILES string of the molecule is CCOCCn1c(=NC(=O)c2cccc(Br)c2)sc2cccc(Cl)c21. The topological polar surface area (TPSA) is 43.6 Å². The smallest absolute Gasteiger partial charge is 0.279 e. The van der Waals surface area contributed by atoms with Crippen LogP contribution in [0.3, 0.4) is 0 Å². The lowest BCUT2D eigenvalue weighted by Crippen LogP contribution is -2.20. The van der Waals surface area contributed by atoms with Gasteiger partial charge in [-0.15, -0.1) is 0 Å². The first kappa shape index (κ1) is 18.3. The van der Waals surface area contributed by atoms with Gasteiger partial charge in [0.2, 0.25) is 0 Å². The number of thiazole rings is 1. The Labute approximate surface area is 162 Å². The molecule has 0 aliphatic heterocycles. The number of aromatic nitrogens is 1. The van der Waals surface area contributed by atoms with E-state index in [1.54, 1.807) is 12.1 Å². The molecule has 0 radical (unpaired) electrons. The average Bonchev–Trinajstić information content (AvgIpc) is 2.94. The van der Waals surface area contributed by atoms with Gasteiger partial charge in [0.05, 0.1) is 21.8 Å². The van der Waals surface area contributed by atoms with Gasteiger partial charge in [0, 0.05) is 23.2 Å². The fourth-order valence-corrected chi connectivity index (χ4v) is 4.27. The molecule has 1 amide bonds. The highest BCUT2D eigenvalue weighted by Gasteiger charge is 2.12. The first-order valence-electron chi connectivity index (χ1n) is 7.80. The lowest BCUT2D eigenvalue weighted by molar-refractivity contribution is 0.0996. The molecule has 0 aliphatic carbocycles. The minimum atomic E-state index is -0.283. The summed E-state index contributed by atoms with van der Waals surface area (Å²) < 4.78 is 9.25. The van der Waals surface area contributed by atoms with Crippen molar-refractivity contribution in [1.82, 2.24) is 4.57 Å². The molecule has 130 valence electrons. The van der Waals surface area contributed by atoms with E-state index in [2.05, 4.69) is 20.9 Å². The lowest BCUT2D eigenvalue weighted by Gasteiger charge is -2.06. The van der Waals surface area contributed by atoms with Crippen molar-refractivity contribution in [3.05, 3.63) is 62.3 Å². The maximum absolute atomic E-state index is 12.6. The van der Waals surface area contributed by atoms with Crippen LogP contribution in [0.25, 0.3) is 10.2 Å². The van der Waals surface area contributed by atoms with Gasteiger partial charge in [-0.25, -0.2) is 0 Å². The van der Waals surface area contributed by atoms with Gasteiger partial charge in [-0.2, -0.15) is 4.99 Å². The molecule has 25 heavy (non-hydrogen) atoms. The predicted molar refractivity (Wildman–Crippen MR) is 105 cm³/mol. The summed E-state index contributed by atoms with van der Waals surface area (Å²) in [5, 5.41) is 0.640. The summed E-state index contributed by atoms with van der Waals surface area (Å²) in [7, 11) is 0. The van der Waals surface area contributed by atoms with Gasteiger partial charge >= 0.3 is 0 Å². The van der Waals surface area contributed by atoms with E-state index in [1.165, 1.54) is 11.3 Å². The van der Waals surface area contributed by atoms with Crippen LogP contribution in [0.1, 0.15) is 17.3 Å². The second-order valence-corrected chi connectivity index (χ2v) is 7.58. The Kier molecular flexibility index (Phi) is 6.06. The largest absolute Gasteiger partial charge is 0.380 e. The Morgan fingerprint density at radius 3 is 2.88 bits per heavy atom. The number of hydrogen-bond acceptors (Lipinski definition) is 3. The molecule has 1 heterocycles. The minimum absolute atomic E-state index is 0.283. The van der Waals surface area contributed by atoms with Crippen molar-refractivity contribution in [1.29, 1.82) is 0 Å². The Morgan fingerprint density at radius 2 is 2.12 bits per heavy atom. The first-order valence-corrected chi connectivity index (χ1v) is 9.79. The molecular formula is C18H16BrClN2O2S. The molecule has 2 aromatic carbocycles. The van der Waals surface area contributed by atoms with E-state index >= 15 is 0 Å². The van der Waals surface area contributed by atoms with Crippen molar-refractivity contribution in [2.24, 2.45) is 4.99 Å². The zero-order chi connectivity index (χ0) is 17.8. The molecule has 0 aliphatic rings. The normalized spacial score (nSPS) is 12.0. The average molecular weight is 440 g/mol. The third kappa shape index (κ3) is 4.20. The zero-order valence-electron chi connectivity index (χ0n) is 13.5. The number of fused-ring (bicyclic) bond motifs is 1. The molecule has 0 unspecified atom stereocenters. The predicted octanol–water partition coefficient (Wildman–Crippen LogP) is 4.90. The van der Waals surface area contributed by atoms with Crippen LogP contribution in [0.4, 0.5) is 0 Å². The number of benzene rings is 2. The number of carbonyl (C=O) groups excluding carboxylic acids is 1. The number of halogens is 2. The molecular weight excluding hydrogens is 424 g/mol. The molecule has 0 fully saturated rings. The van der Waals surface area contributed by atoms with Crippen molar-refractivity contribution in [2.45, 2.75) is 13.5 Å². The van der Waals surface area contributed by atoms with Crippen LogP contribution < -0.4 is 4.80 Å². The highest BCUT2D eigenvalue weighted by Crippen LogP contribution is 2.25. The number of amides is 1. The van der Waals surface area contributed by atoms with Crippen LogP contribution in [0, 0.1) is 0 Å². The number of para-hydroxylation sites is 1. The summed E-state index contributed by atoms with van der Waals surface area (Å²) >= 11 is 11.2. The zero-order valence-corrected chi connectivity index (χ0v) is 16.7. The molecule has 1 aromatic heterocycles. The van der Waals surface area contributed by atoms with E-state index in [0.717, 1.165) is 14.7 Å². The summed E-state index contributed by atoms with van der Waals surface area (Å²) in [5.74, 6) is -0.283. The monoisotopic (exact) mass is 438 g/mol. The third-order valence-corrected chi connectivity index (χ3v) is 5.43. The van der Waals surface area contributed by atoms with Gasteiger partial charge < -0.3 is 9.30 Å². The van der Waals surface area contributed by atoms with E-state index < -0.39 is 0 Å². The van der Waals surface area contributed by atoms with Crippen LogP contribution in [0.15, 0.2) is 51.9 Å². The maximum Gasteiger partial charge on any atom is 0.279 e. The Bertz CT molecular complexity index is 981. The molecule has 4 nitrogen and oxygen atoms in total. The van der Waals surface area contributed by atoms with E-state index in [-0.39, 0.29) is 5.91 Å². The van der Waals surface area contributed by atoms with Crippen LogP contribution >= 0.6 is 38.9 Å². The highest BCUT2D eigenvalue weighted by atomic mass is 79.9. The molecule has 7 heteroatoms. The summed E-state index contributed by atoms with van der Waals surface area (Å²) in [6.07, 6.45) is 0. The second kappa shape index (κ2) is 8.27. The van der Waals surface area contributed by atoms with Gasteiger partial charge in [-0.3, -0.25) is 4.79 Å². The summed E-state index contributed by atoms with van der Waals surface area (Å²) in [4.78, 5) is 17.5. The van der Waals surface area contributed by atoms with Gasteiger partial charge in [0.1, 0.15) is 0 Å². The minimum Gasteiger partial charge on any atom is -0.380 e. The molecule has 0 N–H and O–H groups in total. The van der Waals surface area contributed by atoms with E-state index in [4.69, 9.17) is 16.3 Å². The lowest BCUT2D eigenvalue weighted by atomic mass is 10.2. The number of rotatable bonds is 5. The molecule has 0 spiro atoms. The summed E-state index contributed by atoms with van der Waals surface area (Å²) in [6, 6.07) is 12.9. The number of ether oxygens (including phenoxy) is 1. The number of nitrogens with zero attached hydrogens (tertiary/aromatic N) is 2. The van der Waals surface area contributed by atoms with Crippen LogP contribution in [0.2, 0.25) is 5.02 Å². The molecule has 0 saturated heterocycles. The van der Waals surface area contributed by atoms with Gasteiger partial charge in [-0.1, -0.05) is 51.0 Å². The van der Waals surface area contributed by atoms with Crippen LogP contribution in [-0.4, -0.2) is 23.7 Å². The van der Waals surface area contributed by atoms with Gasteiger partial charge in [0.25, 0.3) is 5.91 Å². The highest BCUT2D eigenvalue weighted by molar-refractivity contribution is 9.10. The van der Waals surface area contributed by atoms with E-state index in [0.29, 0.717) is 35.1 Å². The quantitative estimate of drug-likeness (QED) is 0.531. The Morgan fingerprint density at radius 1 is 1.32 bits per heavy atom. The fraction of sp³-hybridized carbons (Fsp3) is 0.222. The Hall–Kier alpha value is -1.47. The summed E-state index contributed by atoms with van der Waals surface area (Å²) in [6.45, 7) is 3.71. The Balaban J connectivity index is 2.09. The van der Waals surface area contributed by atoms with Crippen LogP contribution in [0.5, 0.6) is 0 Å².